The molecule has 0 spiro atoms. The van der Waals surface area contributed by atoms with Gasteiger partial charge in [0.2, 0.25) is 0 Å². The van der Waals surface area contributed by atoms with Crippen LogP contribution in [0.3, 0.4) is 0 Å². The lowest BCUT2D eigenvalue weighted by Crippen LogP contribution is -2.36. The first-order valence-electron chi connectivity index (χ1n) is 9.17. The van der Waals surface area contributed by atoms with Crippen LogP contribution in [0.15, 0.2) is 53.5 Å². The fourth-order valence-corrected chi connectivity index (χ4v) is 3.21. The maximum atomic E-state index is 12.8. The molecule has 0 radical (unpaired) electrons. The Labute approximate surface area is 167 Å². The first-order valence-corrected chi connectivity index (χ1v) is 9.55. The summed E-state index contributed by atoms with van der Waals surface area (Å²) in [5.41, 5.74) is 1.27. The molecule has 0 aromatic heterocycles. The van der Waals surface area contributed by atoms with Crippen molar-refractivity contribution < 1.29 is 18.3 Å². The van der Waals surface area contributed by atoms with Crippen LogP contribution in [0.25, 0.3) is 0 Å². The van der Waals surface area contributed by atoms with Crippen molar-refractivity contribution >= 4 is 28.9 Å². The number of nitrogens with zero attached hydrogens (tertiary/aromatic N) is 2. The van der Waals surface area contributed by atoms with E-state index in [9.17, 15) is 13.6 Å². The number of rotatable bonds is 6. The molecule has 1 heterocycles. The maximum Gasteiger partial charge on any atom is 0.387 e. The molecule has 0 bridgehead atoms. The number of halogens is 3. The van der Waals surface area contributed by atoms with Crippen LogP contribution in [-0.2, 0) is 0 Å². The highest BCUT2D eigenvalue weighted by molar-refractivity contribution is 6.30. The van der Waals surface area contributed by atoms with E-state index in [1.54, 1.807) is 12.1 Å². The summed E-state index contributed by atoms with van der Waals surface area (Å²) in [7, 11) is 0. The van der Waals surface area contributed by atoms with E-state index in [4.69, 9.17) is 11.6 Å². The van der Waals surface area contributed by atoms with Gasteiger partial charge in [-0.25, -0.2) is 0 Å². The second-order valence-electron chi connectivity index (χ2n) is 6.50. The minimum Gasteiger partial charge on any atom is -0.435 e. The Morgan fingerprint density at radius 3 is 2.46 bits per heavy atom. The van der Waals surface area contributed by atoms with Gasteiger partial charge < -0.3 is 9.64 Å². The van der Waals surface area contributed by atoms with Crippen molar-refractivity contribution in [3.63, 3.8) is 0 Å². The fraction of sp³-hybridized carbons (Fsp3) is 0.333. The average molecular weight is 407 g/mol. The van der Waals surface area contributed by atoms with Gasteiger partial charge in [0.15, 0.2) is 5.78 Å². The summed E-state index contributed by atoms with van der Waals surface area (Å²) in [6.07, 6.45) is 3.98. The number of aliphatic imine (C=N–C) groups is 1. The van der Waals surface area contributed by atoms with Crippen molar-refractivity contribution in [2.24, 2.45) is 4.99 Å². The SMILES string of the molecule is O=C(CN(C1=NCCCCC1)c1ccc(Cl)cc1)c1ccc(OC(F)F)cc1. The first kappa shape index (κ1) is 20.3. The van der Waals surface area contributed by atoms with Gasteiger partial charge in [-0.2, -0.15) is 8.78 Å². The summed E-state index contributed by atoms with van der Waals surface area (Å²) >= 11 is 6.00. The molecule has 0 unspecified atom stereocenters. The molecule has 7 heteroatoms. The molecule has 2 aromatic rings. The molecule has 148 valence electrons. The number of carbonyl (C=O) groups excluding carboxylic acids is 1. The lowest BCUT2D eigenvalue weighted by Gasteiger charge is -2.25. The van der Waals surface area contributed by atoms with Crippen molar-refractivity contribution in [2.75, 3.05) is 18.0 Å². The Hall–Kier alpha value is -2.47. The van der Waals surface area contributed by atoms with Gasteiger partial charge in [-0.15, -0.1) is 0 Å². The van der Waals surface area contributed by atoms with Crippen molar-refractivity contribution in [3.05, 3.63) is 59.1 Å². The highest BCUT2D eigenvalue weighted by Crippen LogP contribution is 2.23. The molecule has 4 nitrogen and oxygen atoms in total. The second kappa shape index (κ2) is 9.64. The molecule has 28 heavy (non-hydrogen) atoms. The second-order valence-corrected chi connectivity index (χ2v) is 6.93. The van der Waals surface area contributed by atoms with Crippen LogP contribution in [0.1, 0.15) is 36.0 Å². The number of alkyl halides is 2. The number of hydrogen-bond acceptors (Lipinski definition) is 4. The zero-order valence-corrected chi connectivity index (χ0v) is 16.0. The van der Waals surface area contributed by atoms with Crippen molar-refractivity contribution in [1.82, 2.24) is 0 Å². The van der Waals surface area contributed by atoms with E-state index in [1.807, 2.05) is 17.0 Å². The topological polar surface area (TPSA) is 41.9 Å². The van der Waals surface area contributed by atoms with Gasteiger partial charge in [0.05, 0.1) is 6.54 Å². The number of anilines is 1. The quantitative estimate of drug-likeness (QED) is 0.586. The summed E-state index contributed by atoms with van der Waals surface area (Å²) < 4.78 is 28.9. The number of carbonyl (C=O) groups is 1. The molecule has 0 saturated carbocycles. The Kier molecular flexibility index (Phi) is 6.98. The first-order chi connectivity index (χ1) is 13.5. The minimum absolute atomic E-state index is 0.0225. The Morgan fingerprint density at radius 1 is 1.07 bits per heavy atom. The summed E-state index contributed by atoms with van der Waals surface area (Å²) in [6.45, 7) is -2.04. The maximum absolute atomic E-state index is 12.8. The third kappa shape index (κ3) is 5.52. The van der Waals surface area contributed by atoms with Gasteiger partial charge in [-0.1, -0.05) is 18.0 Å². The smallest absolute Gasteiger partial charge is 0.387 e. The number of hydrogen-bond donors (Lipinski definition) is 0. The summed E-state index contributed by atoms with van der Waals surface area (Å²) in [6, 6.07) is 13.0. The van der Waals surface area contributed by atoms with E-state index in [0.717, 1.165) is 43.8 Å². The van der Waals surface area contributed by atoms with E-state index in [-0.39, 0.29) is 18.1 Å². The monoisotopic (exact) mass is 406 g/mol. The van der Waals surface area contributed by atoms with Crippen LogP contribution in [0.4, 0.5) is 14.5 Å². The van der Waals surface area contributed by atoms with Crippen molar-refractivity contribution in [3.8, 4) is 5.75 Å². The predicted octanol–water partition coefficient (Wildman–Crippen LogP) is 5.60. The Bertz CT molecular complexity index is 823. The number of ketones is 1. The summed E-state index contributed by atoms with van der Waals surface area (Å²) in [5.74, 6) is 0.769. The lowest BCUT2D eigenvalue weighted by molar-refractivity contribution is -0.0498. The van der Waals surface area contributed by atoms with Crippen LogP contribution < -0.4 is 9.64 Å². The van der Waals surface area contributed by atoms with Gasteiger partial charge in [0, 0.05) is 29.2 Å². The molecular formula is C21H21ClF2N2O2. The molecule has 0 aliphatic carbocycles. The van der Waals surface area contributed by atoms with E-state index < -0.39 is 6.61 Å². The highest BCUT2D eigenvalue weighted by Gasteiger charge is 2.19. The largest absolute Gasteiger partial charge is 0.435 e. The van der Waals surface area contributed by atoms with Crippen molar-refractivity contribution in [2.45, 2.75) is 32.3 Å². The molecule has 0 saturated heterocycles. The van der Waals surface area contributed by atoms with Gasteiger partial charge >= 0.3 is 6.61 Å². The zero-order chi connectivity index (χ0) is 19.9. The number of Topliss-reactive ketones (excluding diaryl/α,β-unsaturated/α-hetero) is 1. The third-order valence-corrected chi connectivity index (χ3v) is 4.76. The van der Waals surface area contributed by atoms with E-state index in [2.05, 4.69) is 9.73 Å². The molecule has 1 aliphatic heterocycles. The van der Waals surface area contributed by atoms with Crippen molar-refractivity contribution in [1.29, 1.82) is 0 Å². The fourth-order valence-electron chi connectivity index (χ4n) is 3.09. The summed E-state index contributed by atoms with van der Waals surface area (Å²) in [5, 5.41) is 0.618. The Morgan fingerprint density at radius 2 is 1.79 bits per heavy atom. The van der Waals surface area contributed by atoms with Gasteiger partial charge in [-0.3, -0.25) is 9.79 Å². The number of ether oxygens (including phenoxy) is 1. The van der Waals surface area contributed by atoms with Gasteiger partial charge in [0.25, 0.3) is 0 Å². The molecule has 0 fully saturated rings. The molecule has 0 N–H and O–H groups in total. The third-order valence-electron chi connectivity index (χ3n) is 4.51. The van der Waals surface area contributed by atoms with Gasteiger partial charge in [0.1, 0.15) is 11.6 Å². The predicted molar refractivity (Wildman–Crippen MR) is 107 cm³/mol. The number of benzene rings is 2. The highest BCUT2D eigenvalue weighted by atomic mass is 35.5. The summed E-state index contributed by atoms with van der Waals surface area (Å²) in [4.78, 5) is 19.4. The molecular weight excluding hydrogens is 386 g/mol. The number of amidine groups is 1. The van der Waals surface area contributed by atoms with Crippen LogP contribution in [0.2, 0.25) is 5.02 Å². The van der Waals surface area contributed by atoms with E-state index >= 15 is 0 Å². The average Bonchev–Trinajstić information content (AvgIpc) is 2.96. The molecule has 0 atom stereocenters. The van der Waals surface area contributed by atoms with Gasteiger partial charge in [-0.05, 0) is 61.4 Å². The molecule has 0 amide bonds. The van der Waals surface area contributed by atoms with Crippen LogP contribution in [-0.4, -0.2) is 31.3 Å². The normalized spacial score (nSPS) is 14.4. The zero-order valence-electron chi connectivity index (χ0n) is 15.3. The molecule has 3 rings (SSSR count). The molecule has 1 aliphatic rings. The van der Waals surface area contributed by atoms with Crippen LogP contribution in [0, 0.1) is 0 Å². The minimum atomic E-state index is -2.89. The molecule has 2 aromatic carbocycles. The van der Waals surface area contributed by atoms with Crippen LogP contribution >= 0.6 is 11.6 Å². The van der Waals surface area contributed by atoms with E-state index in [0.29, 0.717) is 10.6 Å². The van der Waals surface area contributed by atoms with Crippen LogP contribution in [0.5, 0.6) is 5.75 Å². The lowest BCUT2D eigenvalue weighted by atomic mass is 10.1. The Balaban J connectivity index is 1.81. The van der Waals surface area contributed by atoms with E-state index in [1.165, 1.54) is 24.3 Å². The standard InChI is InChI=1S/C21H21ClF2N2O2/c22-16-7-9-17(10-8-16)26(20-4-2-1-3-13-25-20)14-19(27)15-5-11-18(12-6-15)28-21(23)24/h5-12,21H,1-4,13-14H2.